The first-order chi connectivity index (χ1) is 7.72. The second kappa shape index (κ2) is 5.86. The van der Waals surface area contributed by atoms with Gasteiger partial charge in [-0.05, 0) is 26.3 Å². The molecule has 0 radical (unpaired) electrons. The summed E-state index contributed by atoms with van der Waals surface area (Å²) in [7, 11) is -3.68. The molecule has 0 saturated carbocycles. The lowest BCUT2D eigenvalue weighted by Gasteiger charge is -2.15. The molecule has 2 N–H and O–H groups in total. The molecule has 0 aliphatic heterocycles. The zero-order valence-corrected chi connectivity index (χ0v) is 12.4. The maximum absolute atomic E-state index is 11.9. The van der Waals surface area contributed by atoms with Crippen molar-refractivity contribution in [3.05, 3.63) is 14.7 Å². The van der Waals surface area contributed by atoms with Crippen LogP contribution in [0.1, 0.15) is 20.3 Å². The Balaban J connectivity index is 2.86. The second-order valence-electron chi connectivity index (χ2n) is 3.80. The van der Waals surface area contributed by atoms with E-state index in [1.54, 1.807) is 13.8 Å². The van der Waals surface area contributed by atoms with Crippen molar-refractivity contribution in [3.63, 3.8) is 0 Å². The van der Waals surface area contributed by atoms with Crippen LogP contribution in [-0.4, -0.2) is 25.7 Å². The summed E-state index contributed by atoms with van der Waals surface area (Å²) in [5.41, 5.74) is 0. The van der Waals surface area contributed by atoms with E-state index in [1.807, 2.05) is 0 Å². The summed E-state index contributed by atoms with van der Waals surface area (Å²) in [4.78, 5) is -0.0217. The van der Waals surface area contributed by atoms with Crippen molar-refractivity contribution in [1.29, 1.82) is 0 Å². The van der Waals surface area contributed by atoms with Crippen molar-refractivity contribution < 1.29 is 13.5 Å². The monoisotopic (exact) mass is 317 g/mol. The van der Waals surface area contributed by atoms with Gasteiger partial charge in [0.25, 0.3) is 0 Å². The van der Waals surface area contributed by atoms with Crippen LogP contribution in [-0.2, 0) is 10.0 Å². The molecule has 0 aliphatic rings. The first-order valence-corrected chi connectivity index (χ1v) is 7.93. The summed E-state index contributed by atoms with van der Waals surface area (Å²) in [6.07, 6.45) is -0.247. The van der Waals surface area contributed by atoms with Gasteiger partial charge in [0.15, 0.2) is 0 Å². The van der Waals surface area contributed by atoms with Crippen LogP contribution in [0.25, 0.3) is 0 Å². The topological polar surface area (TPSA) is 66.4 Å². The molecule has 98 valence electrons. The number of aliphatic hydroxyl groups excluding tert-OH is 1. The zero-order valence-electron chi connectivity index (χ0n) is 9.28. The smallest absolute Gasteiger partial charge is 0.243 e. The molecular weight excluding hydrogens is 305 g/mol. The van der Waals surface area contributed by atoms with E-state index in [0.717, 1.165) is 11.3 Å². The van der Waals surface area contributed by atoms with Crippen molar-refractivity contribution >= 4 is 44.6 Å². The predicted octanol–water partition coefficient (Wildman–Crippen LogP) is 2.49. The number of thiophene rings is 1. The van der Waals surface area contributed by atoms with Gasteiger partial charge in [-0.3, -0.25) is 0 Å². The van der Waals surface area contributed by atoms with E-state index in [1.165, 1.54) is 6.07 Å². The normalized spacial score (nSPS) is 15.8. The highest BCUT2D eigenvalue weighted by atomic mass is 35.5. The number of sulfonamides is 1. The van der Waals surface area contributed by atoms with Gasteiger partial charge < -0.3 is 5.11 Å². The van der Waals surface area contributed by atoms with E-state index in [-0.39, 0.29) is 15.3 Å². The fraction of sp³-hybridized carbons (Fsp3) is 0.556. The highest BCUT2D eigenvalue weighted by Gasteiger charge is 2.23. The van der Waals surface area contributed by atoms with E-state index in [2.05, 4.69) is 4.72 Å². The summed E-state index contributed by atoms with van der Waals surface area (Å²) in [5, 5.41) is 9.17. The molecule has 2 atom stereocenters. The van der Waals surface area contributed by atoms with Gasteiger partial charge in [-0.1, -0.05) is 23.2 Å². The second-order valence-corrected chi connectivity index (χ2v) is 7.76. The quantitative estimate of drug-likeness (QED) is 0.876. The Morgan fingerprint density at radius 3 is 2.47 bits per heavy atom. The summed E-state index contributed by atoms with van der Waals surface area (Å²) in [6, 6.07) is 0.932. The average Bonchev–Trinajstić information content (AvgIpc) is 2.42. The molecule has 1 aromatic rings. The highest BCUT2D eigenvalue weighted by molar-refractivity contribution is 7.89. The molecule has 0 aromatic carbocycles. The summed E-state index contributed by atoms with van der Waals surface area (Å²) in [5.74, 6) is 0. The molecule has 8 heteroatoms. The Morgan fingerprint density at radius 1 is 1.47 bits per heavy atom. The minimum atomic E-state index is -3.68. The third-order valence-electron chi connectivity index (χ3n) is 1.97. The van der Waals surface area contributed by atoms with Gasteiger partial charge in [-0.25, -0.2) is 13.1 Å². The molecule has 0 bridgehead atoms. The van der Waals surface area contributed by atoms with E-state index in [0.29, 0.717) is 10.8 Å². The fourth-order valence-corrected chi connectivity index (χ4v) is 4.80. The lowest BCUT2D eigenvalue weighted by molar-refractivity contribution is 0.175. The molecular formula is C9H13Cl2NO3S2. The Morgan fingerprint density at radius 2 is 2.06 bits per heavy atom. The SMILES string of the molecule is CC(O)CC(C)NS(=O)(=O)c1cc(Cl)sc1Cl. The number of hydrogen-bond acceptors (Lipinski definition) is 4. The van der Waals surface area contributed by atoms with Crippen molar-refractivity contribution in [3.8, 4) is 0 Å². The Labute approximate surface area is 115 Å². The van der Waals surface area contributed by atoms with Crippen LogP contribution < -0.4 is 4.72 Å². The molecule has 2 unspecified atom stereocenters. The summed E-state index contributed by atoms with van der Waals surface area (Å²) in [6.45, 7) is 3.27. The van der Waals surface area contributed by atoms with Crippen LogP contribution in [0.3, 0.4) is 0 Å². The standard InChI is InChI=1S/C9H13Cl2NO3S2/c1-5(3-6(2)13)12-17(14,15)7-4-8(10)16-9(7)11/h4-6,12-13H,3H2,1-2H3. The van der Waals surface area contributed by atoms with Gasteiger partial charge in [-0.2, -0.15) is 0 Å². The van der Waals surface area contributed by atoms with Crippen molar-refractivity contribution in [2.75, 3.05) is 0 Å². The van der Waals surface area contributed by atoms with Gasteiger partial charge in [0.05, 0.1) is 10.4 Å². The van der Waals surface area contributed by atoms with Crippen LogP contribution in [0.4, 0.5) is 0 Å². The van der Waals surface area contributed by atoms with Gasteiger partial charge in [0, 0.05) is 6.04 Å². The van der Waals surface area contributed by atoms with Gasteiger partial charge in [0.2, 0.25) is 10.0 Å². The first-order valence-electron chi connectivity index (χ1n) is 4.87. The highest BCUT2D eigenvalue weighted by Crippen LogP contribution is 2.34. The summed E-state index contributed by atoms with van der Waals surface area (Å²) >= 11 is 12.5. The van der Waals surface area contributed by atoms with Crippen LogP contribution in [0.2, 0.25) is 8.67 Å². The molecule has 1 aromatic heterocycles. The average molecular weight is 318 g/mol. The van der Waals surface area contributed by atoms with E-state index in [9.17, 15) is 8.42 Å². The number of rotatable bonds is 5. The Hall–Kier alpha value is 0.150. The van der Waals surface area contributed by atoms with E-state index < -0.39 is 16.1 Å². The fourth-order valence-electron chi connectivity index (χ4n) is 1.40. The third kappa shape index (κ3) is 4.39. The predicted molar refractivity (Wildman–Crippen MR) is 70.4 cm³/mol. The molecule has 17 heavy (non-hydrogen) atoms. The lowest BCUT2D eigenvalue weighted by atomic mass is 10.2. The molecule has 4 nitrogen and oxygen atoms in total. The Bertz CT molecular complexity index is 484. The summed E-state index contributed by atoms with van der Waals surface area (Å²) < 4.78 is 26.7. The van der Waals surface area contributed by atoms with Crippen LogP contribution >= 0.6 is 34.5 Å². The molecule has 1 heterocycles. The minimum absolute atomic E-state index is 0.0217. The van der Waals surface area contributed by atoms with Gasteiger partial charge in [0.1, 0.15) is 9.23 Å². The molecule has 0 spiro atoms. The number of hydrogen-bond donors (Lipinski definition) is 2. The van der Waals surface area contributed by atoms with Gasteiger partial charge >= 0.3 is 0 Å². The number of aliphatic hydroxyl groups is 1. The molecule has 0 fully saturated rings. The van der Waals surface area contributed by atoms with Gasteiger partial charge in [-0.15, -0.1) is 11.3 Å². The maximum atomic E-state index is 11.9. The van der Waals surface area contributed by atoms with Crippen LogP contribution in [0.15, 0.2) is 11.0 Å². The van der Waals surface area contributed by atoms with Crippen molar-refractivity contribution in [2.24, 2.45) is 0 Å². The molecule has 0 amide bonds. The van der Waals surface area contributed by atoms with E-state index in [4.69, 9.17) is 28.3 Å². The largest absolute Gasteiger partial charge is 0.393 e. The van der Waals surface area contributed by atoms with E-state index >= 15 is 0 Å². The van der Waals surface area contributed by atoms with Crippen LogP contribution in [0, 0.1) is 0 Å². The molecule has 0 aliphatic carbocycles. The third-order valence-corrected chi connectivity index (χ3v) is 5.31. The first kappa shape index (κ1) is 15.2. The van der Waals surface area contributed by atoms with Crippen LogP contribution in [0.5, 0.6) is 0 Å². The molecule has 0 saturated heterocycles. The minimum Gasteiger partial charge on any atom is -0.393 e. The zero-order chi connectivity index (χ0) is 13.2. The number of halogens is 2. The molecule has 1 rings (SSSR count). The van der Waals surface area contributed by atoms with Crippen molar-refractivity contribution in [1.82, 2.24) is 4.72 Å². The lowest BCUT2D eigenvalue weighted by Crippen LogP contribution is -2.34. The number of nitrogens with one attached hydrogen (secondary N) is 1. The van der Waals surface area contributed by atoms with Crippen molar-refractivity contribution in [2.45, 2.75) is 37.3 Å². The Kier molecular flexibility index (Phi) is 5.24. The maximum Gasteiger partial charge on any atom is 0.243 e.